The SMILES string of the molecule is Cc1onc(-c2ccc(F)cc2)c1C(=O)Nc1ccc(-c2cnc(CN)nc2)nc1OC(C)C. The summed E-state index contributed by atoms with van der Waals surface area (Å²) in [5, 5.41) is 6.82. The molecule has 1 amide bonds. The van der Waals surface area contributed by atoms with Gasteiger partial charge in [-0.15, -0.1) is 0 Å². The third kappa shape index (κ3) is 4.91. The van der Waals surface area contributed by atoms with Crippen LogP contribution in [0.4, 0.5) is 10.1 Å². The maximum absolute atomic E-state index is 13.3. The van der Waals surface area contributed by atoms with Crippen molar-refractivity contribution in [2.45, 2.75) is 33.4 Å². The van der Waals surface area contributed by atoms with Gasteiger partial charge < -0.3 is 20.3 Å². The van der Waals surface area contributed by atoms with Gasteiger partial charge in [-0.2, -0.15) is 0 Å². The van der Waals surface area contributed by atoms with Crippen LogP contribution in [0.2, 0.25) is 0 Å². The van der Waals surface area contributed by atoms with Gasteiger partial charge in [-0.3, -0.25) is 4.79 Å². The van der Waals surface area contributed by atoms with E-state index in [1.54, 1.807) is 31.5 Å². The van der Waals surface area contributed by atoms with Gasteiger partial charge in [-0.1, -0.05) is 5.16 Å². The summed E-state index contributed by atoms with van der Waals surface area (Å²) in [7, 11) is 0. The van der Waals surface area contributed by atoms with Crippen LogP contribution < -0.4 is 15.8 Å². The fourth-order valence-electron chi connectivity index (χ4n) is 3.23. The Kier molecular flexibility index (Phi) is 6.60. The van der Waals surface area contributed by atoms with Crippen LogP contribution in [0, 0.1) is 12.7 Å². The minimum Gasteiger partial charge on any atom is -0.473 e. The van der Waals surface area contributed by atoms with Crippen molar-refractivity contribution >= 4 is 11.6 Å². The van der Waals surface area contributed by atoms with Gasteiger partial charge >= 0.3 is 0 Å². The van der Waals surface area contributed by atoms with E-state index in [-0.39, 0.29) is 29.9 Å². The lowest BCUT2D eigenvalue weighted by atomic mass is 10.1. The first-order valence-corrected chi connectivity index (χ1v) is 10.6. The summed E-state index contributed by atoms with van der Waals surface area (Å²) in [6.07, 6.45) is 3.07. The molecular formula is C24H23FN6O3. The highest BCUT2D eigenvalue weighted by Gasteiger charge is 2.23. The molecule has 3 heterocycles. The number of benzene rings is 1. The van der Waals surface area contributed by atoms with E-state index in [1.165, 1.54) is 24.3 Å². The molecule has 0 radical (unpaired) electrons. The fourth-order valence-corrected chi connectivity index (χ4v) is 3.23. The maximum atomic E-state index is 13.3. The molecule has 3 N–H and O–H groups in total. The molecule has 34 heavy (non-hydrogen) atoms. The van der Waals surface area contributed by atoms with Gasteiger partial charge in [0.25, 0.3) is 5.91 Å². The normalized spacial score (nSPS) is 11.0. The highest BCUT2D eigenvalue weighted by atomic mass is 19.1. The molecule has 0 saturated heterocycles. The smallest absolute Gasteiger partial charge is 0.261 e. The second kappa shape index (κ2) is 9.75. The highest BCUT2D eigenvalue weighted by Crippen LogP contribution is 2.30. The molecule has 0 bridgehead atoms. The number of nitrogens with two attached hydrogens (primary N) is 1. The van der Waals surface area contributed by atoms with Gasteiger partial charge in [0.1, 0.15) is 34.3 Å². The van der Waals surface area contributed by atoms with Crippen LogP contribution in [0.25, 0.3) is 22.5 Å². The van der Waals surface area contributed by atoms with Gasteiger partial charge in [0.15, 0.2) is 0 Å². The summed E-state index contributed by atoms with van der Waals surface area (Å²) in [4.78, 5) is 26.2. The van der Waals surface area contributed by atoms with Crippen molar-refractivity contribution in [2.24, 2.45) is 5.73 Å². The maximum Gasteiger partial charge on any atom is 0.261 e. The largest absolute Gasteiger partial charge is 0.473 e. The Bertz CT molecular complexity index is 1300. The number of carbonyl (C=O) groups excluding carboxylic acids is 1. The molecule has 4 aromatic rings. The zero-order valence-corrected chi connectivity index (χ0v) is 18.9. The Labute approximate surface area is 195 Å². The Balaban J connectivity index is 1.66. The zero-order valence-electron chi connectivity index (χ0n) is 18.9. The Morgan fingerprint density at radius 2 is 1.82 bits per heavy atom. The first kappa shape index (κ1) is 23.0. The lowest BCUT2D eigenvalue weighted by Crippen LogP contribution is -2.16. The van der Waals surface area contributed by atoms with Crippen LogP contribution in [0.1, 0.15) is 35.8 Å². The molecule has 4 rings (SSSR count). The second-order valence-corrected chi connectivity index (χ2v) is 7.73. The second-order valence-electron chi connectivity index (χ2n) is 7.73. The monoisotopic (exact) mass is 462 g/mol. The summed E-state index contributed by atoms with van der Waals surface area (Å²) in [5.41, 5.74) is 8.27. The molecule has 0 spiro atoms. The molecule has 10 heteroatoms. The number of aromatic nitrogens is 4. The number of halogens is 1. The number of amides is 1. The first-order valence-electron chi connectivity index (χ1n) is 10.6. The summed E-state index contributed by atoms with van der Waals surface area (Å²) < 4.78 is 24.5. The molecule has 0 aliphatic heterocycles. The molecule has 0 saturated carbocycles. The number of hydrogen-bond donors (Lipinski definition) is 2. The number of nitrogens with zero attached hydrogens (tertiary/aromatic N) is 4. The predicted molar refractivity (Wildman–Crippen MR) is 124 cm³/mol. The summed E-state index contributed by atoms with van der Waals surface area (Å²) >= 11 is 0. The molecule has 9 nitrogen and oxygen atoms in total. The van der Waals surface area contributed by atoms with Crippen molar-refractivity contribution in [3.05, 3.63) is 71.8 Å². The molecule has 3 aromatic heterocycles. The van der Waals surface area contributed by atoms with Crippen molar-refractivity contribution in [1.82, 2.24) is 20.1 Å². The van der Waals surface area contributed by atoms with Crippen LogP contribution in [0.15, 0.2) is 53.3 Å². The van der Waals surface area contributed by atoms with E-state index in [2.05, 4.69) is 25.4 Å². The van der Waals surface area contributed by atoms with Crippen LogP contribution in [0.3, 0.4) is 0 Å². The van der Waals surface area contributed by atoms with Crippen molar-refractivity contribution < 1.29 is 18.4 Å². The molecule has 0 atom stereocenters. The van der Waals surface area contributed by atoms with Gasteiger partial charge in [0.05, 0.1) is 18.3 Å². The standard InChI is InChI=1S/C24H23FN6O3/c1-13(2)33-24-19(9-8-18(30-24)16-11-27-20(10-26)28-12-16)29-23(32)21-14(3)34-31-22(21)15-4-6-17(25)7-5-15/h4-9,11-13H,10,26H2,1-3H3,(H,29,32). The summed E-state index contributed by atoms with van der Waals surface area (Å²) in [5.74, 6) is 0.231. The number of nitrogens with one attached hydrogen (secondary N) is 1. The molecule has 0 fully saturated rings. The van der Waals surface area contributed by atoms with Crippen molar-refractivity contribution in [1.29, 1.82) is 0 Å². The molecule has 174 valence electrons. The Morgan fingerprint density at radius 3 is 2.47 bits per heavy atom. The van der Waals surface area contributed by atoms with Gasteiger partial charge in [-0.25, -0.2) is 19.3 Å². The van der Waals surface area contributed by atoms with Crippen molar-refractivity contribution in [3.8, 4) is 28.4 Å². The van der Waals surface area contributed by atoms with E-state index >= 15 is 0 Å². The Morgan fingerprint density at radius 1 is 1.12 bits per heavy atom. The van der Waals surface area contributed by atoms with E-state index < -0.39 is 5.91 Å². The number of aryl methyl sites for hydroxylation is 1. The molecule has 1 aromatic carbocycles. The molecule has 0 aliphatic rings. The molecular weight excluding hydrogens is 439 g/mol. The summed E-state index contributed by atoms with van der Waals surface area (Å²) in [6.45, 7) is 5.58. The lowest BCUT2D eigenvalue weighted by molar-refractivity contribution is 0.102. The van der Waals surface area contributed by atoms with E-state index in [0.717, 1.165) is 0 Å². The van der Waals surface area contributed by atoms with Crippen LogP contribution in [0.5, 0.6) is 5.88 Å². The van der Waals surface area contributed by atoms with Gasteiger partial charge in [-0.05, 0) is 57.2 Å². The minimum absolute atomic E-state index is 0.193. The third-order valence-corrected chi connectivity index (χ3v) is 4.85. The minimum atomic E-state index is -0.461. The van der Waals surface area contributed by atoms with E-state index in [9.17, 15) is 9.18 Å². The van der Waals surface area contributed by atoms with Gasteiger partial charge in [0.2, 0.25) is 5.88 Å². The quantitative estimate of drug-likeness (QED) is 0.419. The molecule has 0 aliphatic carbocycles. The third-order valence-electron chi connectivity index (χ3n) is 4.85. The van der Waals surface area contributed by atoms with E-state index in [0.29, 0.717) is 39.8 Å². The predicted octanol–water partition coefficient (Wildman–Crippen LogP) is 4.14. The number of anilines is 1. The lowest BCUT2D eigenvalue weighted by Gasteiger charge is -2.15. The fraction of sp³-hybridized carbons (Fsp3) is 0.208. The number of pyridine rings is 1. The van der Waals surface area contributed by atoms with Gasteiger partial charge in [0, 0.05) is 23.5 Å². The number of carbonyl (C=O) groups is 1. The topological polar surface area (TPSA) is 129 Å². The van der Waals surface area contributed by atoms with Crippen LogP contribution >= 0.6 is 0 Å². The number of hydrogen-bond acceptors (Lipinski definition) is 8. The van der Waals surface area contributed by atoms with Crippen LogP contribution in [-0.4, -0.2) is 32.1 Å². The summed E-state index contributed by atoms with van der Waals surface area (Å²) in [6, 6.07) is 9.07. The van der Waals surface area contributed by atoms with Crippen molar-refractivity contribution in [2.75, 3.05) is 5.32 Å². The number of rotatable bonds is 7. The number of ether oxygens (including phenoxy) is 1. The average molecular weight is 462 g/mol. The van der Waals surface area contributed by atoms with E-state index in [4.69, 9.17) is 15.0 Å². The first-order chi connectivity index (χ1) is 16.4. The molecule has 0 unspecified atom stereocenters. The zero-order chi connectivity index (χ0) is 24.2. The van der Waals surface area contributed by atoms with E-state index in [1.807, 2.05) is 13.8 Å². The highest BCUT2D eigenvalue weighted by molar-refractivity contribution is 6.09. The Hall–Kier alpha value is -4.18. The van der Waals surface area contributed by atoms with Crippen molar-refractivity contribution in [3.63, 3.8) is 0 Å². The van der Waals surface area contributed by atoms with Crippen LogP contribution in [-0.2, 0) is 6.54 Å². The average Bonchev–Trinajstić information content (AvgIpc) is 3.22.